The molecule has 0 aromatic heterocycles. The molecule has 1 heterocycles. The minimum atomic E-state index is 0.676. The monoisotopic (exact) mass is 408 g/mol. The third kappa shape index (κ3) is 5.52. The average molecular weight is 409 g/mol. The third-order valence-electron chi connectivity index (χ3n) is 6.68. The van der Waals surface area contributed by atoms with E-state index < -0.39 is 0 Å². The van der Waals surface area contributed by atoms with Gasteiger partial charge in [-0.1, -0.05) is 97.1 Å². The van der Waals surface area contributed by atoms with Crippen LogP contribution < -0.4 is 5.32 Å². The number of hydrogen-bond donors (Lipinski definition) is 1. The fraction of sp³-hybridized carbons (Fsp3) is 0.310. The Morgan fingerprint density at radius 3 is 2.23 bits per heavy atom. The van der Waals surface area contributed by atoms with Crippen LogP contribution in [0.5, 0.6) is 0 Å². The molecule has 2 nitrogen and oxygen atoms in total. The second-order valence-corrected chi connectivity index (χ2v) is 9.07. The Bertz CT molecular complexity index is 988. The molecule has 1 N–H and O–H groups in total. The van der Waals surface area contributed by atoms with Gasteiger partial charge in [0.25, 0.3) is 0 Å². The van der Waals surface area contributed by atoms with Crippen molar-refractivity contribution in [3.63, 3.8) is 0 Å². The van der Waals surface area contributed by atoms with Crippen molar-refractivity contribution < 1.29 is 0 Å². The maximum absolute atomic E-state index is 3.93. The van der Waals surface area contributed by atoms with Crippen LogP contribution in [0.4, 0.5) is 0 Å². The number of rotatable bonds is 7. The summed E-state index contributed by atoms with van der Waals surface area (Å²) in [6.45, 7) is 3.42. The highest BCUT2D eigenvalue weighted by Crippen LogP contribution is 2.41. The summed E-state index contributed by atoms with van der Waals surface area (Å²) in [5, 5.41) is 3.93. The molecule has 2 atom stereocenters. The van der Waals surface area contributed by atoms with E-state index >= 15 is 0 Å². The van der Waals surface area contributed by atoms with E-state index in [0.717, 1.165) is 12.5 Å². The quantitative estimate of drug-likeness (QED) is 0.485. The summed E-state index contributed by atoms with van der Waals surface area (Å²) in [5.41, 5.74) is 5.43. The second-order valence-electron chi connectivity index (χ2n) is 9.07. The van der Waals surface area contributed by atoms with E-state index in [1.165, 1.54) is 54.6 Å². The highest BCUT2D eigenvalue weighted by Gasteiger charge is 2.39. The van der Waals surface area contributed by atoms with Crippen LogP contribution in [0.25, 0.3) is 12.2 Å². The SMILES string of the molecule is C(=C\c1cccc(CN2CCC(NC3CC3c3ccccc3)CC2)c1)/c1ccccc1. The van der Waals surface area contributed by atoms with E-state index in [2.05, 4.69) is 107 Å². The first-order chi connectivity index (χ1) is 15.3. The van der Waals surface area contributed by atoms with Gasteiger partial charge in [-0.15, -0.1) is 0 Å². The van der Waals surface area contributed by atoms with Gasteiger partial charge in [0, 0.05) is 24.5 Å². The molecule has 31 heavy (non-hydrogen) atoms. The number of likely N-dealkylation sites (tertiary alicyclic amines) is 1. The summed E-state index contributed by atoms with van der Waals surface area (Å²) in [7, 11) is 0. The van der Waals surface area contributed by atoms with E-state index in [1.807, 2.05) is 0 Å². The summed E-state index contributed by atoms with van der Waals surface area (Å²) in [6.07, 6.45) is 8.22. The summed E-state index contributed by atoms with van der Waals surface area (Å²) >= 11 is 0. The zero-order valence-corrected chi connectivity index (χ0v) is 18.2. The fourth-order valence-corrected chi connectivity index (χ4v) is 4.82. The van der Waals surface area contributed by atoms with E-state index in [9.17, 15) is 0 Å². The van der Waals surface area contributed by atoms with Crippen LogP contribution in [0.2, 0.25) is 0 Å². The van der Waals surface area contributed by atoms with Crippen LogP contribution in [-0.2, 0) is 6.54 Å². The van der Waals surface area contributed by atoms with Crippen molar-refractivity contribution in [3.8, 4) is 0 Å². The van der Waals surface area contributed by atoms with Gasteiger partial charge >= 0.3 is 0 Å². The molecule has 3 aromatic carbocycles. The first-order valence-corrected chi connectivity index (χ1v) is 11.7. The van der Waals surface area contributed by atoms with Gasteiger partial charge < -0.3 is 5.32 Å². The van der Waals surface area contributed by atoms with Crippen LogP contribution in [0.3, 0.4) is 0 Å². The van der Waals surface area contributed by atoms with Gasteiger partial charge in [0.2, 0.25) is 0 Å². The van der Waals surface area contributed by atoms with Crippen molar-refractivity contribution in [1.82, 2.24) is 10.2 Å². The predicted molar refractivity (Wildman–Crippen MR) is 131 cm³/mol. The molecular weight excluding hydrogens is 376 g/mol. The normalized spacial score (nSPS) is 22.1. The van der Waals surface area contributed by atoms with Gasteiger partial charge in [0.05, 0.1) is 0 Å². The van der Waals surface area contributed by atoms with E-state index in [4.69, 9.17) is 0 Å². The lowest BCUT2D eigenvalue weighted by Crippen LogP contribution is -2.43. The number of nitrogens with one attached hydrogen (secondary N) is 1. The lowest BCUT2D eigenvalue weighted by molar-refractivity contribution is 0.189. The fourth-order valence-electron chi connectivity index (χ4n) is 4.82. The van der Waals surface area contributed by atoms with Gasteiger partial charge in [0.1, 0.15) is 0 Å². The van der Waals surface area contributed by atoms with Gasteiger partial charge in [-0.25, -0.2) is 0 Å². The molecule has 2 fully saturated rings. The Morgan fingerprint density at radius 1 is 0.774 bits per heavy atom. The average Bonchev–Trinajstić information content (AvgIpc) is 3.60. The van der Waals surface area contributed by atoms with Crippen LogP contribution in [0, 0.1) is 0 Å². The van der Waals surface area contributed by atoms with Gasteiger partial charge in [-0.05, 0) is 54.6 Å². The minimum absolute atomic E-state index is 0.676. The minimum Gasteiger partial charge on any atom is -0.311 e. The summed E-state index contributed by atoms with van der Waals surface area (Å²) in [6, 6.07) is 31.8. The lowest BCUT2D eigenvalue weighted by Gasteiger charge is -2.32. The van der Waals surface area contributed by atoms with E-state index in [0.29, 0.717) is 12.1 Å². The molecule has 1 aliphatic heterocycles. The third-order valence-corrected chi connectivity index (χ3v) is 6.68. The molecule has 0 spiro atoms. The predicted octanol–water partition coefficient (Wildman–Crippen LogP) is 5.97. The zero-order valence-electron chi connectivity index (χ0n) is 18.2. The Morgan fingerprint density at radius 2 is 1.45 bits per heavy atom. The Labute approximate surface area is 186 Å². The van der Waals surface area contributed by atoms with Crippen LogP contribution in [0.15, 0.2) is 84.9 Å². The molecule has 158 valence electrons. The Hall–Kier alpha value is -2.68. The molecule has 3 aromatic rings. The van der Waals surface area contributed by atoms with Crippen LogP contribution in [0.1, 0.15) is 47.4 Å². The molecule has 0 radical (unpaired) electrons. The molecule has 2 heteroatoms. The highest BCUT2D eigenvalue weighted by molar-refractivity contribution is 5.69. The Kier molecular flexibility index (Phi) is 6.29. The molecule has 1 saturated carbocycles. The largest absolute Gasteiger partial charge is 0.311 e. The van der Waals surface area contributed by atoms with Crippen molar-refractivity contribution in [2.24, 2.45) is 0 Å². The second kappa shape index (κ2) is 9.64. The topological polar surface area (TPSA) is 15.3 Å². The number of nitrogens with zero attached hydrogens (tertiary/aromatic N) is 1. The molecule has 1 saturated heterocycles. The van der Waals surface area contributed by atoms with Gasteiger partial charge in [-0.3, -0.25) is 4.90 Å². The zero-order chi connectivity index (χ0) is 20.9. The highest BCUT2D eigenvalue weighted by atomic mass is 15.1. The lowest BCUT2D eigenvalue weighted by atomic mass is 10.0. The molecule has 5 rings (SSSR count). The summed E-state index contributed by atoms with van der Waals surface area (Å²) in [4.78, 5) is 2.61. The summed E-state index contributed by atoms with van der Waals surface area (Å²) < 4.78 is 0. The number of benzene rings is 3. The molecular formula is C29H32N2. The first-order valence-electron chi connectivity index (χ1n) is 11.7. The molecule has 0 bridgehead atoms. The first kappa shape index (κ1) is 20.2. The van der Waals surface area contributed by atoms with Crippen molar-refractivity contribution in [3.05, 3.63) is 107 Å². The van der Waals surface area contributed by atoms with Crippen molar-refractivity contribution >= 4 is 12.2 Å². The maximum Gasteiger partial charge on any atom is 0.0233 e. The van der Waals surface area contributed by atoms with Crippen LogP contribution in [-0.4, -0.2) is 30.1 Å². The van der Waals surface area contributed by atoms with Crippen molar-refractivity contribution in [2.45, 2.75) is 43.8 Å². The maximum atomic E-state index is 3.93. The van der Waals surface area contributed by atoms with Gasteiger partial charge in [-0.2, -0.15) is 0 Å². The standard InChI is InChI=1S/C29H32N2/c1-3-8-23(9-4-1)14-15-24-10-7-11-25(20-24)22-31-18-16-27(17-19-31)30-29-21-28(29)26-12-5-2-6-13-26/h1-15,20,27-30H,16-19,21-22H2/b15-14+. The number of piperidine rings is 1. The summed E-state index contributed by atoms with van der Waals surface area (Å²) in [5.74, 6) is 0.728. The number of hydrogen-bond acceptors (Lipinski definition) is 2. The van der Waals surface area contributed by atoms with E-state index in [1.54, 1.807) is 0 Å². The van der Waals surface area contributed by atoms with Gasteiger partial charge in [0.15, 0.2) is 0 Å². The molecule has 0 amide bonds. The molecule has 2 aliphatic rings. The van der Waals surface area contributed by atoms with Crippen molar-refractivity contribution in [1.29, 1.82) is 0 Å². The molecule has 2 unspecified atom stereocenters. The Balaban J connectivity index is 1.09. The smallest absolute Gasteiger partial charge is 0.0233 e. The van der Waals surface area contributed by atoms with Crippen LogP contribution >= 0.6 is 0 Å². The van der Waals surface area contributed by atoms with Crippen molar-refractivity contribution in [2.75, 3.05) is 13.1 Å². The van der Waals surface area contributed by atoms with E-state index in [-0.39, 0.29) is 0 Å². The molecule has 1 aliphatic carbocycles.